The molecule has 0 saturated heterocycles. The van der Waals surface area contributed by atoms with Crippen molar-refractivity contribution in [2.45, 2.75) is 26.4 Å². The molecule has 26 heavy (non-hydrogen) atoms. The predicted molar refractivity (Wildman–Crippen MR) is 103 cm³/mol. The van der Waals surface area contributed by atoms with Crippen LogP contribution in [0.15, 0.2) is 36.7 Å². The topological polar surface area (TPSA) is 92.4 Å². The van der Waals surface area contributed by atoms with E-state index in [1.54, 1.807) is 32.9 Å². The van der Waals surface area contributed by atoms with Crippen LogP contribution in [0.4, 0.5) is 20.6 Å². The third-order valence-corrected chi connectivity index (χ3v) is 3.61. The van der Waals surface area contributed by atoms with Crippen molar-refractivity contribution in [3.05, 3.63) is 51.6 Å². The molecule has 138 valence electrons. The van der Waals surface area contributed by atoms with Crippen molar-refractivity contribution in [1.29, 1.82) is 0 Å². The summed E-state index contributed by atoms with van der Waals surface area (Å²) in [6, 6.07) is 6.10. The van der Waals surface area contributed by atoms with E-state index in [1.165, 1.54) is 24.5 Å². The molecule has 2 aromatic rings. The molecular formula is C17H18FIN4O3. The molecule has 0 aliphatic carbocycles. The Bertz CT molecular complexity index is 824. The van der Waals surface area contributed by atoms with Crippen molar-refractivity contribution >= 4 is 46.0 Å². The maximum absolute atomic E-state index is 14.0. The molecule has 0 atom stereocenters. The predicted octanol–water partition coefficient (Wildman–Crippen LogP) is 3.74. The number of rotatable bonds is 3. The summed E-state index contributed by atoms with van der Waals surface area (Å²) in [5.41, 5.74) is 4.38. The zero-order chi connectivity index (χ0) is 19.3. The second kappa shape index (κ2) is 8.30. The highest BCUT2D eigenvalue weighted by molar-refractivity contribution is 14.1. The number of benzene rings is 1. The number of hydrogen-bond donors (Lipinski definition) is 3. The smallest absolute Gasteiger partial charge is 0.426 e. The van der Waals surface area contributed by atoms with Crippen molar-refractivity contribution in [3.63, 3.8) is 0 Å². The lowest BCUT2D eigenvalue weighted by molar-refractivity contribution is 0.0483. The second-order valence-electron chi connectivity index (χ2n) is 6.25. The van der Waals surface area contributed by atoms with Crippen LogP contribution in [0.1, 0.15) is 31.1 Å². The molecule has 0 aliphatic heterocycles. The summed E-state index contributed by atoms with van der Waals surface area (Å²) in [6.07, 6.45) is 2.01. The van der Waals surface area contributed by atoms with Gasteiger partial charge in [-0.1, -0.05) is 0 Å². The van der Waals surface area contributed by atoms with Gasteiger partial charge in [-0.15, -0.1) is 0 Å². The summed E-state index contributed by atoms with van der Waals surface area (Å²) in [4.78, 5) is 27.9. The van der Waals surface area contributed by atoms with Gasteiger partial charge in [-0.25, -0.2) is 14.6 Å². The molecule has 1 aromatic heterocycles. The van der Waals surface area contributed by atoms with Gasteiger partial charge >= 0.3 is 6.09 Å². The van der Waals surface area contributed by atoms with Crippen LogP contribution in [-0.4, -0.2) is 22.6 Å². The molecule has 0 radical (unpaired) electrons. The highest BCUT2D eigenvalue weighted by atomic mass is 127. The summed E-state index contributed by atoms with van der Waals surface area (Å²) >= 11 is 2.00. The first-order valence-corrected chi connectivity index (χ1v) is 8.69. The Kier molecular flexibility index (Phi) is 6.35. The van der Waals surface area contributed by atoms with Gasteiger partial charge in [-0.2, -0.15) is 0 Å². The largest absolute Gasteiger partial charge is 0.443 e. The number of hydrazine groups is 1. The van der Waals surface area contributed by atoms with E-state index in [0.29, 0.717) is 0 Å². The van der Waals surface area contributed by atoms with Gasteiger partial charge in [0.1, 0.15) is 11.4 Å². The molecule has 1 aromatic carbocycles. The lowest BCUT2D eigenvalue weighted by Gasteiger charge is -2.20. The fourth-order valence-electron chi connectivity index (χ4n) is 1.91. The number of nitrogens with zero attached hydrogens (tertiary/aromatic N) is 1. The van der Waals surface area contributed by atoms with Crippen molar-refractivity contribution in [1.82, 2.24) is 15.8 Å². The van der Waals surface area contributed by atoms with Crippen molar-refractivity contribution in [2.24, 2.45) is 0 Å². The molecule has 7 nitrogen and oxygen atoms in total. The quantitative estimate of drug-likeness (QED) is 0.468. The third kappa shape index (κ3) is 5.83. The van der Waals surface area contributed by atoms with Gasteiger partial charge in [0.15, 0.2) is 0 Å². The molecule has 0 bridgehead atoms. The summed E-state index contributed by atoms with van der Waals surface area (Å²) in [5.74, 6) is -1.06. The van der Waals surface area contributed by atoms with Crippen molar-refractivity contribution in [3.8, 4) is 0 Å². The van der Waals surface area contributed by atoms with Crippen molar-refractivity contribution in [2.75, 3.05) is 5.32 Å². The average Bonchev–Trinajstić information content (AvgIpc) is 2.54. The maximum atomic E-state index is 14.0. The molecule has 0 fully saturated rings. The van der Waals surface area contributed by atoms with Gasteiger partial charge in [-0.3, -0.25) is 15.2 Å². The summed E-state index contributed by atoms with van der Waals surface area (Å²) < 4.78 is 19.8. The molecule has 3 N–H and O–H groups in total. The molecule has 0 unspecified atom stereocenters. The minimum Gasteiger partial charge on any atom is -0.443 e. The van der Waals surface area contributed by atoms with Crippen LogP contribution in [0.3, 0.4) is 0 Å². The Balaban J connectivity index is 2.10. The van der Waals surface area contributed by atoms with Gasteiger partial charge < -0.3 is 10.1 Å². The van der Waals surface area contributed by atoms with Crippen LogP contribution in [-0.2, 0) is 4.74 Å². The van der Waals surface area contributed by atoms with Crippen LogP contribution in [0, 0.1) is 9.39 Å². The van der Waals surface area contributed by atoms with E-state index in [0.717, 1.165) is 3.57 Å². The number of aromatic nitrogens is 1. The SMILES string of the molecule is CC(C)(C)OC(=O)NNC(=O)c1ccncc1Nc1ccc(I)cc1F. The Morgan fingerprint density at radius 3 is 2.54 bits per heavy atom. The zero-order valence-electron chi connectivity index (χ0n) is 14.4. The number of pyridine rings is 1. The summed E-state index contributed by atoms with van der Waals surface area (Å²) in [5, 5.41) is 2.83. The minimum absolute atomic E-state index is 0.175. The Hall–Kier alpha value is -2.43. The number of hydrogen-bond acceptors (Lipinski definition) is 5. The minimum atomic E-state index is -0.793. The number of carbonyl (C=O) groups is 2. The number of carbonyl (C=O) groups excluding carboxylic acids is 2. The first-order chi connectivity index (χ1) is 12.2. The summed E-state index contributed by atoms with van der Waals surface area (Å²) in [7, 11) is 0. The Morgan fingerprint density at radius 1 is 1.15 bits per heavy atom. The Labute approximate surface area is 163 Å². The third-order valence-electron chi connectivity index (χ3n) is 2.94. The van der Waals surface area contributed by atoms with E-state index in [9.17, 15) is 14.0 Å². The van der Waals surface area contributed by atoms with Crippen molar-refractivity contribution < 1.29 is 18.7 Å². The average molecular weight is 472 g/mol. The van der Waals surface area contributed by atoms with Gasteiger partial charge in [0.25, 0.3) is 5.91 Å². The van der Waals surface area contributed by atoms with Crippen LogP contribution in [0.2, 0.25) is 0 Å². The van der Waals surface area contributed by atoms with Crippen LogP contribution < -0.4 is 16.2 Å². The highest BCUT2D eigenvalue weighted by Crippen LogP contribution is 2.23. The maximum Gasteiger partial charge on any atom is 0.426 e. The molecule has 1 heterocycles. The van der Waals surface area contributed by atoms with E-state index in [2.05, 4.69) is 21.2 Å². The lowest BCUT2D eigenvalue weighted by atomic mass is 10.2. The first kappa shape index (κ1) is 19.9. The normalized spacial score (nSPS) is 10.8. The molecule has 0 saturated carbocycles. The van der Waals surface area contributed by atoms with E-state index >= 15 is 0 Å². The monoisotopic (exact) mass is 472 g/mol. The standard InChI is InChI=1S/C17H18FIN4O3/c1-17(2,3)26-16(25)23-22-15(24)11-6-7-20-9-14(11)21-13-5-4-10(19)8-12(13)18/h4-9,21H,1-3H3,(H,22,24)(H,23,25). The van der Waals surface area contributed by atoms with Gasteiger partial charge in [0.05, 0.1) is 23.1 Å². The fraction of sp³-hybridized carbons (Fsp3) is 0.235. The van der Waals surface area contributed by atoms with Gasteiger partial charge in [0, 0.05) is 9.77 Å². The highest BCUT2D eigenvalue weighted by Gasteiger charge is 2.18. The number of amides is 2. The van der Waals surface area contributed by atoms with E-state index < -0.39 is 23.4 Å². The molecule has 9 heteroatoms. The number of anilines is 2. The molecule has 2 amide bonds. The Morgan fingerprint density at radius 2 is 1.88 bits per heavy atom. The number of ether oxygens (including phenoxy) is 1. The fourth-order valence-corrected chi connectivity index (χ4v) is 2.36. The van der Waals surface area contributed by atoms with Crippen LogP contribution >= 0.6 is 22.6 Å². The molecule has 2 rings (SSSR count). The summed E-state index contributed by atoms with van der Waals surface area (Å²) in [6.45, 7) is 5.11. The second-order valence-corrected chi connectivity index (χ2v) is 7.50. The molecular weight excluding hydrogens is 454 g/mol. The van der Waals surface area contributed by atoms with E-state index in [-0.39, 0.29) is 16.9 Å². The van der Waals surface area contributed by atoms with Gasteiger partial charge in [0.2, 0.25) is 0 Å². The molecule has 0 aliphatic rings. The van der Waals surface area contributed by atoms with E-state index in [4.69, 9.17) is 4.74 Å². The number of nitrogens with one attached hydrogen (secondary N) is 3. The first-order valence-electron chi connectivity index (χ1n) is 7.61. The van der Waals surface area contributed by atoms with Crippen LogP contribution in [0.25, 0.3) is 0 Å². The number of halogens is 2. The zero-order valence-corrected chi connectivity index (χ0v) is 16.5. The molecule has 0 spiro atoms. The van der Waals surface area contributed by atoms with Gasteiger partial charge in [-0.05, 0) is 67.6 Å². The van der Waals surface area contributed by atoms with Crippen LogP contribution in [0.5, 0.6) is 0 Å². The lowest BCUT2D eigenvalue weighted by Crippen LogP contribution is -2.44. The van der Waals surface area contributed by atoms with E-state index in [1.807, 2.05) is 22.6 Å².